The molecule has 1 aromatic heterocycles. The second-order valence-electron chi connectivity index (χ2n) is 3.77. The van der Waals surface area contributed by atoms with Crippen LogP contribution in [-0.4, -0.2) is 16.1 Å². The van der Waals surface area contributed by atoms with Crippen LogP contribution in [0.2, 0.25) is 0 Å². The Labute approximate surface area is 97.9 Å². The normalized spacial score (nSPS) is 10.3. The summed E-state index contributed by atoms with van der Waals surface area (Å²) in [6.45, 7) is 3.50. The van der Waals surface area contributed by atoms with Crippen molar-refractivity contribution in [2.75, 3.05) is 5.32 Å². The zero-order valence-electron chi connectivity index (χ0n) is 9.54. The molecule has 1 aromatic carbocycles. The summed E-state index contributed by atoms with van der Waals surface area (Å²) in [5, 5.41) is 9.29. The molecule has 0 unspecified atom stereocenters. The number of aromatic amines is 1. The van der Waals surface area contributed by atoms with E-state index in [1.165, 1.54) is 12.1 Å². The Hall–Kier alpha value is -2.17. The lowest BCUT2D eigenvalue weighted by atomic mass is 10.2. The predicted molar refractivity (Wildman–Crippen MR) is 62.4 cm³/mol. The van der Waals surface area contributed by atoms with Crippen LogP contribution < -0.4 is 5.32 Å². The molecule has 1 amide bonds. The molecule has 0 aliphatic rings. The quantitative estimate of drug-likeness (QED) is 0.836. The molecule has 0 saturated heterocycles. The molecule has 88 valence electrons. The topological polar surface area (TPSA) is 57.8 Å². The van der Waals surface area contributed by atoms with Crippen LogP contribution >= 0.6 is 0 Å². The molecule has 4 nitrogen and oxygen atoms in total. The second kappa shape index (κ2) is 4.37. The predicted octanol–water partition coefficient (Wildman–Crippen LogP) is 2.42. The maximum Gasteiger partial charge on any atom is 0.259 e. The minimum atomic E-state index is -0.386. The number of nitrogens with one attached hydrogen (secondary N) is 2. The van der Waals surface area contributed by atoms with E-state index in [-0.39, 0.29) is 11.7 Å². The standard InChI is InChI=1S/C12H12FN3O/c1-7-11(8(2)16-15-7)12(17)14-10-5-3-4-9(13)6-10/h3-6H,1-2H3,(H,14,17)(H,15,16). The summed E-state index contributed by atoms with van der Waals surface area (Å²) in [5.74, 6) is -0.678. The van der Waals surface area contributed by atoms with Gasteiger partial charge in [0.25, 0.3) is 5.91 Å². The fourth-order valence-corrected chi connectivity index (χ4v) is 1.65. The lowest BCUT2D eigenvalue weighted by Crippen LogP contribution is -2.13. The third-order valence-electron chi connectivity index (χ3n) is 2.44. The molecule has 5 heteroatoms. The highest BCUT2D eigenvalue weighted by Gasteiger charge is 2.15. The fourth-order valence-electron chi connectivity index (χ4n) is 1.65. The Morgan fingerprint density at radius 1 is 1.41 bits per heavy atom. The summed E-state index contributed by atoms with van der Waals surface area (Å²) in [6, 6.07) is 5.76. The molecular weight excluding hydrogens is 221 g/mol. The van der Waals surface area contributed by atoms with E-state index in [0.717, 1.165) is 0 Å². The monoisotopic (exact) mass is 233 g/mol. The van der Waals surface area contributed by atoms with Crippen LogP contribution in [0.1, 0.15) is 21.7 Å². The van der Waals surface area contributed by atoms with Crippen molar-refractivity contribution in [3.05, 3.63) is 47.0 Å². The third-order valence-corrected chi connectivity index (χ3v) is 2.44. The molecule has 0 aliphatic heterocycles. The molecule has 0 spiro atoms. The van der Waals surface area contributed by atoms with Gasteiger partial charge >= 0.3 is 0 Å². The smallest absolute Gasteiger partial charge is 0.259 e. The Kier molecular flexibility index (Phi) is 2.91. The Morgan fingerprint density at radius 2 is 2.18 bits per heavy atom. The zero-order valence-corrected chi connectivity index (χ0v) is 9.54. The first kappa shape index (κ1) is 11.3. The van der Waals surface area contributed by atoms with Crippen LogP contribution in [0.4, 0.5) is 10.1 Å². The second-order valence-corrected chi connectivity index (χ2v) is 3.77. The van der Waals surface area contributed by atoms with E-state index < -0.39 is 0 Å². The zero-order chi connectivity index (χ0) is 12.4. The number of aromatic nitrogens is 2. The van der Waals surface area contributed by atoms with Crippen molar-refractivity contribution >= 4 is 11.6 Å². The molecule has 17 heavy (non-hydrogen) atoms. The largest absolute Gasteiger partial charge is 0.322 e. The number of carbonyl (C=O) groups is 1. The maximum absolute atomic E-state index is 12.9. The third kappa shape index (κ3) is 2.33. The molecule has 2 rings (SSSR count). The molecule has 2 aromatic rings. The molecule has 2 N–H and O–H groups in total. The van der Waals surface area contributed by atoms with Gasteiger partial charge in [-0.1, -0.05) is 6.07 Å². The molecule has 0 fully saturated rings. The number of nitrogens with zero attached hydrogens (tertiary/aromatic N) is 1. The number of hydrogen-bond acceptors (Lipinski definition) is 2. The highest BCUT2D eigenvalue weighted by molar-refractivity contribution is 6.05. The van der Waals surface area contributed by atoms with Gasteiger partial charge in [0.1, 0.15) is 5.82 Å². The lowest BCUT2D eigenvalue weighted by Gasteiger charge is -2.05. The van der Waals surface area contributed by atoms with E-state index >= 15 is 0 Å². The van der Waals surface area contributed by atoms with Gasteiger partial charge in [-0.3, -0.25) is 9.89 Å². The van der Waals surface area contributed by atoms with Gasteiger partial charge < -0.3 is 5.32 Å². The molecule has 0 aliphatic carbocycles. The van der Waals surface area contributed by atoms with E-state index in [2.05, 4.69) is 15.5 Å². The fraction of sp³-hybridized carbons (Fsp3) is 0.167. The van der Waals surface area contributed by atoms with Gasteiger partial charge in [0.2, 0.25) is 0 Å². The summed E-state index contributed by atoms with van der Waals surface area (Å²) in [5.41, 5.74) is 2.23. The van der Waals surface area contributed by atoms with E-state index in [1.54, 1.807) is 26.0 Å². The average molecular weight is 233 g/mol. The molecule has 0 bridgehead atoms. The number of halogens is 1. The van der Waals surface area contributed by atoms with Crippen LogP contribution in [0.5, 0.6) is 0 Å². The number of aryl methyl sites for hydroxylation is 2. The van der Waals surface area contributed by atoms with Gasteiger partial charge in [-0.2, -0.15) is 5.10 Å². The van der Waals surface area contributed by atoms with Crippen molar-refractivity contribution in [2.24, 2.45) is 0 Å². The number of carbonyl (C=O) groups excluding carboxylic acids is 1. The van der Waals surface area contributed by atoms with Crippen LogP contribution in [0, 0.1) is 19.7 Å². The molecule has 0 radical (unpaired) electrons. The number of H-pyrrole nitrogens is 1. The van der Waals surface area contributed by atoms with Crippen molar-refractivity contribution < 1.29 is 9.18 Å². The van der Waals surface area contributed by atoms with Crippen LogP contribution in [-0.2, 0) is 0 Å². The number of anilines is 1. The Bertz CT molecular complexity index is 543. The Morgan fingerprint density at radius 3 is 2.76 bits per heavy atom. The van der Waals surface area contributed by atoms with Gasteiger partial charge in [-0.05, 0) is 32.0 Å². The molecular formula is C12H12FN3O. The highest BCUT2D eigenvalue weighted by Crippen LogP contribution is 2.14. The summed E-state index contributed by atoms with van der Waals surface area (Å²) in [4.78, 5) is 11.9. The first-order valence-electron chi connectivity index (χ1n) is 5.16. The van der Waals surface area contributed by atoms with Crippen molar-refractivity contribution in [1.29, 1.82) is 0 Å². The van der Waals surface area contributed by atoms with E-state index in [0.29, 0.717) is 22.6 Å². The number of amides is 1. The maximum atomic E-state index is 12.9. The highest BCUT2D eigenvalue weighted by atomic mass is 19.1. The molecule has 0 saturated carbocycles. The minimum absolute atomic E-state index is 0.292. The summed E-state index contributed by atoms with van der Waals surface area (Å²) in [6.07, 6.45) is 0. The summed E-state index contributed by atoms with van der Waals surface area (Å²) >= 11 is 0. The van der Waals surface area contributed by atoms with Gasteiger partial charge in [0.15, 0.2) is 0 Å². The van der Waals surface area contributed by atoms with Gasteiger partial charge in [0.05, 0.1) is 11.3 Å². The van der Waals surface area contributed by atoms with E-state index in [1.807, 2.05) is 0 Å². The van der Waals surface area contributed by atoms with Gasteiger partial charge in [0, 0.05) is 11.4 Å². The van der Waals surface area contributed by atoms with Crippen LogP contribution in [0.15, 0.2) is 24.3 Å². The van der Waals surface area contributed by atoms with Crippen molar-refractivity contribution in [1.82, 2.24) is 10.2 Å². The van der Waals surface area contributed by atoms with E-state index in [9.17, 15) is 9.18 Å². The minimum Gasteiger partial charge on any atom is -0.322 e. The summed E-state index contributed by atoms with van der Waals surface area (Å²) < 4.78 is 12.9. The van der Waals surface area contributed by atoms with Gasteiger partial charge in [-0.15, -0.1) is 0 Å². The summed E-state index contributed by atoms with van der Waals surface area (Å²) in [7, 11) is 0. The lowest BCUT2D eigenvalue weighted by molar-refractivity contribution is 0.102. The number of benzene rings is 1. The van der Waals surface area contributed by atoms with Gasteiger partial charge in [-0.25, -0.2) is 4.39 Å². The number of rotatable bonds is 2. The molecule has 1 heterocycles. The van der Waals surface area contributed by atoms with Crippen molar-refractivity contribution in [3.63, 3.8) is 0 Å². The van der Waals surface area contributed by atoms with Crippen LogP contribution in [0.25, 0.3) is 0 Å². The first-order valence-corrected chi connectivity index (χ1v) is 5.16. The van der Waals surface area contributed by atoms with Crippen LogP contribution in [0.3, 0.4) is 0 Å². The SMILES string of the molecule is Cc1n[nH]c(C)c1C(=O)Nc1cccc(F)c1. The number of hydrogen-bond donors (Lipinski definition) is 2. The molecule has 0 atom stereocenters. The van der Waals surface area contributed by atoms with Crippen molar-refractivity contribution in [2.45, 2.75) is 13.8 Å². The Balaban J connectivity index is 2.23. The van der Waals surface area contributed by atoms with Crippen molar-refractivity contribution in [3.8, 4) is 0 Å². The average Bonchev–Trinajstić information content (AvgIpc) is 2.58. The van der Waals surface area contributed by atoms with E-state index in [4.69, 9.17) is 0 Å². The first-order chi connectivity index (χ1) is 8.08.